The number of hydrogen-bond acceptors (Lipinski definition) is 10. The number of hydrogen-bond donors (Lipinski definition) is 0. The summed E-state index contributed by atoms with van der Waals surface area (Å²) in [5, 5.41) is 0. The highest BCUT2D eigenvalue weighted by atomic mass is 16.7. The molecule has 1 amide bonds. The van der Waals surface area contributed by atoms with Crippen LogP contribution in [-0.4, -0.2) is 104 Å². The Morgan fingerprint density at radius 1 is 0.610 bits per heavy atom. The standard InChI is InChI=1S/C9H18BNO3.C9H11BO2.C9H19BO2.C6H13BO.C5H11BO2.5CH4/c1-6(2)10-13-7(3)8(14-10)9(12)11(4)5;1-7(2)10-11-8-5-3-4-6-9(8)12-10;1-7(2)10-11-8(3,4)9(5,6)12-10;1-6(2)7-4-3-5-8-7;1-5(2)6-7-3-4-8-6;;;;;/h6-8H,1-5H3;3-7H,1-2H3;7H,1-6H3;6H,3-5H2,1-2H3;5H,3-4H2,1-2H3;5*1H4/t7-,8+;;;;;;;;;/m0........./s1. The minimum atomic E-state index is -0.447. The molecule has 0 bridgehead atoms. The molecule has 1 aromatic carbocycles. The van der Waals surface area contributed by atoms with Crippen molar-refractivity contribution in [1.29, 1.82) is 0 Å². The number of carbonyl (C=O) groups excluding carboxylic acids is 1. The van der Waals surface area contributed by atoms with E-state index in [-0.39, 0.29) is 94.6 Å². The number of carbonyl (C=O) groups is 1. The van der Waals surface area contributed by atoms with Crippen LogP contribution in [0.2, 0.25) is 35.4 Å². The van der Waals surface area contributed by atoms with Crippen LogP contribution in [0.1, 0.15) is 147 Å². The fourth-order valence-corrected chi connectivity index (χ4v) is 5.64. The Hall–Kier alpha value is -1.67. The van der Waals surface area contributed by atoms with Gasteiger partial charge >= 0.3 is 28.5 Å². The zero-order valence-corrected chi connectivity index (χ0v) is 36.8. The summed E-state index contributed by atoms with van der Waals surface area (Å²) in [7, 11) is 3.11. The lowest BCUT2D eigenvalue weighted by Gasteiger charge is -2.32. The molecule has 0 aliphatic carbocycles. The van der Waals surface area contributed by atoms with Crippen LogP contribution in [0.15, 0.2) is 24.3 Å². The predicted octanol–water partition coefficient (Wildman–Crippen LogP) is 11.5. The highest BCUT2D eigenvalue weighted by Gasteiger charge is 2.52. The van der Waals surface area contributed by atoms with E-state index in [9.17, 15) is 4.79 Å². The van der Waals surface area contributed by atoms with Gasteiger partial charge in [-0.05, 0) is 82.8 Å². The van der Waals surface area contributed by atoms with Gasteiger partial charge in [-0.15, -0.1) is 0 Å². The van der Waals surface area contributed by atoms with Gasteiger partial charge in [0.15, 0.2) is 0 Å². The maximum atomic E-state index is 11.6. The fraction of sp³-hybridized carbons (Fsp3) is 0.837. The molecule has 4 fully saturated rings. The highest BCUT2D eigenvalue weighted by Crippen LogP contribution is 2.39. The van der Waals surface area contributed by atoms with Gasteiger partial charge in [-0.1, -0.05) is 119 Å². The zero-order chi connectivity index (χ0) is 41.0. The topological polar surface area (TPSA) is 103 Å². The van der Waals surface area contributed by atoms with Crippen molar-refractivity contribution in [2.75, 3.05) is 33.9 Å². The van der Waals surface area contributed by atoms with Gasteiger partial charge in [0.2, 0.25) is 0 Å². The largest absolute Gasteiger partial charge is 0.597 e. The van der Waals surface area contributed by atoms with E-state index in [1.807, 2.05) is 45.0 Å². The van der Waals surface area contributed by atoms with Gasteiger partial charge in [-0.25, -0.2) is 0 Å². The second-order valence-corrected chi connectivity index (χ2v) is 17.6. The Morgan fingerprint density at radius 3 is 1.31 bits per heavy atom. The van der Waals surface area contributed by atoms with Crippen LogP contribution in [0.4, 0.5) is 0 Å². The summed E-state index contributed by atoms with van der Waals surface area (Å²) in [6.07, 6.45) is 1.94. The summed E-state index contributed by atoms with van der Waals surface area (Å²) in [6.45, 7) is 34.3. The fourth-order valence-electron chi connectivity index (χ4n) is 5.64. The summed E-state index contributed by atoms with van der Waals surface area (Å²) >= 11 is 0. The molecule has 344 valence electrons. The van der Waals surface area contributed by atoms with Crippen molar-refractivity contribution in [2.45, 2.75) is 206 Å². The third kappa shape index (κ3) is 20.4. The van der Waals surface area contributed by atoms with Crippen LogP contribution in [0.25, 0.3) is 0 Å². The number of benzene rings is 1. The molecule has 1 aromatic rings. The Balaban J connectivity index is -0.000000318. The van der Waals surface area contributed by atoms with Gasteiger partial charge in [0.25, 0.3) is 12.8 Å². The van der Waals surface area contributed by atoms with E-state index in [2.05, 4.69) is 83.1 Å². The molecule has 0 aromatic heterocycles. The second kappa shape index (κ2) is 29.6. The van der Waals surface area contributed by atoms with E-state index in [0.29, 0.717) is 24.4 Å². The zero-order valence-electron chi connectivity index (χ0n) is 36.8. The Kier molecular flexibility index (Phi) is 32.1. The first-order chi connectivity index (χ1) is 25.1. The summed E-state index contributed by atoms with van der Waals surface area (Å²) in [5.74, 6) is 3.99. The van der Waals surface area contributed by atoms with Crippen LogP contribution in [0.3, 0.4) is 0 Å². The molecule has 0 spiro atoms. The van der Waals surface area contributed by atoms with E-state index in [1.165, 1.54) is 17.6 Å². The molecule has 2 atom stereocenters. The third-order valence-electron chi connectivity index (χ3n) is 9.88. The lowest BCUT2D eigenvalue weighted by atomic mass is 9.56. The molecule has 0 unspecified atom stereocenters. The smallest absolute Gasteiger partial charge is 0.523 e. The number of amides is 1. The van der Waals surface area contributed by atoms with Crippen molar-refractivity contribution in [2.24, 2.45) is 0 Å². The van der Waals surface area contributed by atoms with E-state index >= 15 is 0 Å². The van der Waals surface area contributed by atoms with Crippen LogP contribution in [0.5, 0.6) is 11.5 Å². The van der Waals surface area contributed by atoms with Gasteiger partial charge in [-0.2, -0.15) is 0 Å². The molecular formula is C43H92B5NO10. The van der Waals surface area contributed by atoms with Crippen molar-refractivity contribution >= 4 is 41.3 Å². The lowest BCUT2D eigenvalue weighted by molar-refractivity contribution is -0.136. The summed E-state index contributed by atoms with van der Waals surface area (Å²) in [5.41, 5.74) is -0.357. The maximum Gasteiger partial charge on any atom is 0.597 e. The molecule has 5 aliphatic rings. The van der Waals surface area contributed by atoms with Crippen LogP contribution in [0, 0.1) is 0 Å². The van der Waals surface area contributed by atoms with Crippen LogP contribution in [-0.2, 0) is 37.4 Å². The number of rotatable bonds is 6. The molecule has 16 heteroatoms. The van der Waals surface area contributed by atoms with Gasteiger partial charge in [-0.3, -0.25) is 4.79 Å². The van der Waals surface area contributed by atoms with Crippen molar-refractivity contribution in [3.63, 3.8) is 0 Å². The van der Waals surface area contributed by atoms with Gasteiger partial charge in [0.05, 0.1) is 30.5 Å². The summed E-state index contributed by atoms with van der Waals surface area (Å²) in [4.78, 5) is 13.2. The Bertz CT molecular complexity index is 1170. The molecule has 0 N–H and O–H groups in total. The number of fused-ring (bicyclic) bond motifs is 1. The van der Waals surface area contributed by atoms with Crippen LogP contribution >= 0.6 is 0 Å². The van der Waals surface area contributed by atoms with Crippen molar-refractivity contribution in [1.82, 2.24) is 4.90 Å². The average Bonchev–Trinajstić information content (AvgIpc) is 3.93. The maximum absolute atomic E-state index is 11.6. The molecule has 59 heavy (non-hydrogen) atoms. The van der Waals surface area contributed by atoms with E-state index in [0.717, 1.165) is 37.1 Å². The summed E-state index contributed by atoms with van der Waals surface area (Å²) < 4.78 is 49.6. The van der Waals surface area contributed by atoms with Crippen molar-refractivity contribution in [3.8, 4) is 11.5 Å². The first-order valence-corrected chi connectivity index (χ1v) is 20.2. The monoisotopic (exact) mass is 838 g/mol. The van der Waals surface area contributed by atoms with Crippen molar-refractivity contribution < 1.29 is 46.7 Å². The molecule has 0 radical (unpaired) electrons. The minimum absolute atomic E-state index is 0. The molecule has 0 saturated carbocycles. The van der Waals surface area contributed by atoms with Crippen molar-refractivity contribution in [3.05, 3.63) is 24.3 Å². The molecule has 5 heterocycles. The molecule has 5 aliphatic heterocycles. The summed E-state index contributed by atoms with van der Waals surface area (Å²) in [6, 6.07) is 7.76. The first-order valence-electron chi connectivity index (χ1n) is 20.2. The van der Waals surface area contributed by atoms with Gasteiger partial charge in [0, 0.05) is 26.5 Å². The second-order valence-electron chi connectivity index (χ2n) is 17.6. The molecule has 11 nitrogen and oxygen atoms in total. The van der Waals surface area contributed by atoms with Crippen LogP contribution < -0.4 is 9.31 Å². The molecule has 4 saturated heterocycles. The molecule has 6 rings (SSSR count). The molecular weight excluding hydrogens is 745 g/mol. The average molecular weight is 837 g/mol. The van der Waals surface area contributed by atoms with Gasteiger partial charge in [0.1, 0.15) is 17.6 Å². The van der Waals surface area contributed by atoms with E-state index in [1.54, 1.807) is 14.1 Å². The first kappa shape index (κ1) is 64.0. The Labute approximate surface area is 367 Å². The lowest BCUT2D eigenvalue weighted by Crippen LogP contribution is -2.41. The minimum Gasteiger partial charge on any atom is -0.523 e. The third-order valence-corrected chi connectivity index (χ3v) is 9.88. The highest BCUT2D eigenvalue weighted by molar-refractivity contribution is 6.54. The van der Waals surface area contributed by atoms with Gasteiger partial charge < -0.3 is 46.8 Å². The Morgan fingerprint density at radius 2 is 1.03 bits per heavy atom. The number of nitrogens with zero attached hydrogens (tertiary/aromatic N) is 1. The normalized spacial score (nSPS) is 20.3. The quantitative estimate of drug-likeness (QED) is 0.257. The van der Waals surface area contributed by atoms with E-state index in [4.69, 9.17) is 41.9 Å². The number of para-hydroxylation sites is 2. The number of likely N-dealkylation sites (N-methyl/N-ethyl adjacent to an activating group) is 1. The van der Waals surface area contributed by atoms with E-state index < -0.39 is 6.10 Å². The predicted molar refractivity (Wildman–Crippen MR) is 257 cm³/mol. The SMILES string of the molecule is C.C.C.C.C.CC(C)B1CCCO1.CC(C)B1OC(C)(C)C(C)(C)O1.CC(C)B1OCCO1.CC(C)B1O[C@@H](C)[C@H](C(=O)N(C)C)O1.CC(C)B1Oc2ccccc2O1.